The fraction of sp³-hybridized carbons (Fsp3) is 0.625. The van der Waals surface area contributed by atoms with E-state index in [1.807, 2.05) is 0 Å². The third kappa shape index (κ3) is 2.44. The van der Waals surface area contributed by atoms with Crippen LogP contribution in [0, 0.1) is 0 Å². The van der Waals surface area contributed by atoms with Gasteiger partial charge in [-0.2, -0.15) is 0 Å². The van der Waals surface area contributed by atoms with Gasteiger partial charge in [-0.25, -0.2) is 0 Å². The van der Waals surface area contributed by atoms with E-state index in [4.69, 9.17) is 9.47 Å². The summed E-state index contributed by atoms with van der Waals surface area (Å²) in [5.74, 6) is 2.52. The molecule has 0 saturated carbocycles. The number of methoxy groups -OCH3 is 2. The summed E-state index contributed by atoms with van der Waals surface area (Å²) in [5, 5.41) is 3.42. The first-order valence-electron chi connectivity index (χ1n) is 7.55. The molecule has 2 fully saturated rings. The summed E-state index contributed by atoms with van der Waals surface area (Å²) in [4.78, 5) is 2.40. The first-order valence-corrected chi connectivity index (χ1v) is 7.55. The molecule has 1 unspecified atom stereocenters. The molecule has 110 valence electrons. The number of nitrogens with zero attached hydrogens (tertiary/aromatic N) is 1. The van der Waals surface area contributed by atoms with E-state index < -0.39 is 0 Å². The predicted octanol–water partition coefficient (Wildman–Crippen LogP) is 2.38. The van der Waals surface area contributed by atoms with Gasteiger partial charge in [-0.3, -0.25) is 0 Å². The average molecular weight is 276 g/mol. The number of benzene rings is 1. The number of hydrogen-bond donors (Lipinski definition) is 1. The first-order chi connectivity index (χ1) is 9.83. The van der Waals surface area contributed by atoms with Crippen molar-refractivity contribution in [1.82, 2.24) is 5.32 Å². The lowest BCUT2D eigenvalue weighted by molar-refractivity contribution is 0.396. The van der Waals surface area contributed by atoms with Gasteiger partial charge < -0.3 is 19.7 Å². The molecule has 2 saturated heterocycles. The highest BCUT2D eigenvalue weighted by Gasteiger charge is 2.24. The lowest BCUT2D eigenvalue weighted by Crippen LogP contribution is -2.19. The van der Waals surface area contributed by atoms with Crippen LogP contribution in [-0.2, 0) is 0 Å². The van der Waals surface area contributed by atoms with Gasteiger partial charge >= 0.3 is 0 Å². The second-order valence-electron chi connectivity index (χ2n) is 5.65. The van der Waals surface area contributed by atoms with Gasteiger partial charge in [0.15, 0.2) is 0 Å². The van der Waals surface area contributed by atoms with Gasteiger partial charge in [0.1, 0.15) is 11.5 Å². The number of hydrogen-bond acceptors (Lipinski definition) is 4. The van der Waals surface area contributed by atoms with E-state index in [1.54, 1.807) is 14.2 Å². The van der Waals surface area contributed by atoms with Gasteiger partial charge in [0.05, 0.1) is 19.9 Å². The Morgan fingerprint density at radius 1 is 1.10 bits per heavy atom. The maximum absolute atomic E-state index is 5.65. The fourth-order valence-electron chi connectivity index (χ4n) is 3.35. The molecule has 3 rings (SSSR count). The third-order valence-electron chi connectivity index (χ3n) is 4.48. The summed E-state index contributed by atoms with van der Waals surface area (Å²) in [6, 6.07) is 4.35. The van der Waals surface area contributed by atoms with E-state index in [9.17, 15) is 0 Å². The van der Waals surface area contributed by atoms with Crippen LogP contribution in [0.1, 0.15) is 30.7 Å². The zero-order valence-corrected chi connectivity index (χ0v) is 12.4. The minimum atomic E-state index is 0.534. The SMILES string of the molecule is COc1cc(N2CCCC2)c(OC)cc1C1CCNC1. The van der Waals surface area contributed by atoms with Gasteiger partial charge in [-0.1, -0.05) is 0 Å². The summed E-state index contributed by atoms with van der Waals surface area (Å²) in [6.45, 7) is 4.35. The number of rotatable bonds is 4. The van der Waals surface area contributed by atoms with E-state index in [0.717, 1.165) is 37.7 Å². The molecule has 2 heterocycles. The van der Waals surface area contributed by atoms with Crippen molar-refractivity contribution in [2.45, 2.75) is 25.2 Å². The summed E-state index contributed by atoms with van der Waals surface area (Å²) in [7, 11) is 3.53. The predicted molar refractivity (Wildman–Crippen MR) is 81.2 cm³/mol. The largest absolute Gasteiger partial charge is 0.496 e. The Labute approximate surface area is 121 Å². The average Bonchev–Trinajstić information content (AvgIpc) is 3.18. The van der Waals surface area contributed by atoms with Gasteiger partial charge in [-0.15, -0.1) is 0 Å². The van der Waals surface area contributed by atoms with Gasteiger partial charge in [0.25, 0.3) is 0 Å². The first kappa shape index (κ1) is 13.6. The molecule has 0 spiro atoms. The molecule has 0 amide bonds. The minimum Gasteiger partial charge on any atom is -0.496 e. The zero-order valence-electron chi connectivity index (χ0n) is 12.4. The van der Waals surface area contributed by atoms with Crippen molar-refractivity contribution in [3.05, 3.63) is 17.7 Å². The number of ether oxygens (including phenoxy) is 2. The highest BCUT2D eigenvalue weighted by molar-refractivity contribution is 5.65. The van der Waals surface area contributed by atoms with Crippen LogP contribution in [0.3, 0.4) is 0 Å². The van der Waals surface area contributed by atoms with E-state index in [1.165, 1.54) is 30.5 Å². The van der Waals surface area contributed by atoms with Crippen LogP contribution in [0.15, 0.2) is 12.1 Å². The molecular weight excluding hydrogens is 252 g/mol. The minimum absolute atomic E-state index is 0.534. The molecular formula is C16H24N2O2. The smallest absolute Gasteiger partial charge is 0.142 e. The standard InChI is InChI=1S/C16H24N2O2/c1-19-15-10-14(18-7-3-4-8-18)16(20-2)9-13(15)12-5-6-17-11-12/h9-10,12,17H,3-8,11H2,1-2H3. The summed E-state index contributed by atoms with van der Waals surface area (Å²) in [5.41, 5.74) is 2.45. The monoisotopic (exact) mass is 276 g/mol. The van der Waals surface area contributed by atoms with Gasteiger partial charge in [0, 0.05) is 37.2 Å². The lowest BCUT2D eigenvalue weighted by atomic mass is 9.96. The fourth-order valence-corrected chi connectivity index (χ4v) is 3.35. The molecule has 20 heavy (non-hydrogen) atoms. The van der Waals surface area contributed by atoms with Crippen LogP contribution < -0.4 is 19.7 Å². The molecule has 1 N–H and O–H groups in total. The van der Waals surface area contributed by atoms with E-state index in [2.05, 4.69) is 22.3 Å². The second kappa shape index (κ2) is 5.92. The van der Waals surface area contributed by atoms with Crippen LogP contribution >= 0.6 is 0 Å². The van der Waals surface area contributed by atoms with Crippen LogP contribution in [0.4, 0.5) is 5.69 Å². The van der Waals surface area contributed by atoms with Crippen LogP contribution in [0.5, 0.6) is 11.5 Å². The Balaban J connectivity index is 1.98. The molecule has 0 aliphatic carbocycles. The Hall–Kier alpha value is -1.42. The molecule has 0 radical (unpaired) electrons. The quantitative estimate of drug-likeness (QED) is 0.915. The van der Waals surface area contributed by atoms with Crippen molar-refractivity contribution in [3.8, 4) is 11.5 Å². The van der Waals surface area contributed by atoms with Crippen molar-refractivity contribution < 1.29 is 9.47 Å². The van der Waals surface area contributed by atoms with Crippen molar-refractivity contribution >= 4 is 5.69 Å². The van der Waals surface area contributed by atoms with E-state index in [0.29, 0.717) is 5.92 Å². The normalized spacial score (nSPS) is 22.3. The molecule has 2 aliphatic heterocycles. The Morgan fingerprint density at radius 3 is 2.45 bits per heavy atom. The van der Waals surface area contributed by atoms with Crippen molar-refractivity contribution in [2.75, 3.05) is 45.3 Å². The molecule has 1 atom stereocenters. The highest BCUT2D eigenvalue weighted by Crippen LogP contribution is 2.41. The van der Waals surface area contributed by atoms with Crippen molar-refractivity contribution in [1.29, 1.82) is 0 Å². The topological polar surface area (TPSA) is 33.7 Å². The number of anilines is 1. The molecule has 1 aromatic carbocycles. The lowest BCUT2D eigenvalue weighted by Gasteiger charge is -2.24. The van der Waals surface area contributed by atoms with Crippen molar-refractivity contribution in [3.63, 3.8) is 0 Å². The molecule has 4 nitrogen and oxygen atoms in total. The molecule has 2 aliphatic rings. The Kier molecular flexibility index (Phi) is 4.01. The summed E-state index contributed by atoms with van der Waals surface area (Å²) >= 11 is 0. The zero-order chi connectivity index (χ0) is 13.9. The summed E-state index contributed by atoms with van der Waals surface area (Å²) in [6.07, 6.45) is 3.70. The van der Waals surface area contributed by atoms with Gasteiger partial charge in [-0.05, 0) is 31.9 Å². The maximum atomic E-state index is 5.65. The second-order valence-corrected chi connectivity index (χ2v) is 5.65. The molecule has 0 bridgehead atoms. The highest BCUT2D eigenvalue weighted by atomic mass is 16.5. The molecule has 0 aromatic heterocycles. The van der Waals surface area contributed by atoms with Gasteiger partial charge in [0.2, 0.25) is 0 Å². The van der Waals surface area contributed by atoms with Crippen molar-refractivity contribution in [2.24, 2.45) is 0 Å². The summed E-state index contributed by atoms with van der Waals surface area (Å²) < 4.78 is 11.3. The molecule has 1 aromatic rings. The molecule has 4 heteroatoms. The van der Waals surface area contributed by atoms with E-state index >= 15 is 0 Å². The third-order valence-corrected chi connectivity index (χ3v) is 4.48. The Bertz CT molecular complexity index is 420. The van der Waals surface area contributed by atoms with Crippen LogP contribution in [-0.4, -0.2) is 40.4 Å². The van der Waals surface area contributed by atoms with E-state index in [-0.39, 0.29) is 0 Å². The van der Waals surface area contributed by atoms with Crippen LogP contribution in [0.2, 0.25) is 0 Å². The number of nitrogens with one attached hydrogen (secondary N) is 1. The Morgan fingerprint density at radius 2 is 1.85 bits per heavy atom. The van der Waals surface area contributed by atoms with Crippen LogP contribution in [0.25, 0.3) is 0 Å². The maximum Gasteiger partial charge on any atom is 0.142 e.